The van der Waals surface area contributed by atoms with Gasteiger partial charge in [-0.3, -0.25) is 19.3 Å². The first-order valence-corrected chi connectivity index (χ1v) is 12.2. The van der Waals surface area contributed by atoms with Gasteiger partial charge in [-0.1, -0.05) is 23.7 Å². The minimum Gasteiger partial charge on any atom is -0.412 e. The van der Waals surface area contributed by atoms with Crippen LogP contribution in [0.3, 0.4) is 0 Å². The molecule has 214 valence electrons. The van der Waals surface area contributed by atoms with Crippen molar-refractivity contribution < 1.29 is 29.7 Å². The van der Waals surface area contributed by atoms with Crippen LogP contribution in [0, 0.1) is 5.82 Å². The summed E-state index contributed by atoms with van der Waals surface area (Å²) in [6.45, 7) is 5.85. The SMILES string of the molecule is C[C@@H]1CN(Cc2ccc(F)cc2)[C@@H](C)CN1C(=O)c1cc2c(C(=O)C(=O)N(C)C)cn(C)c2cc1Cl.Cl.O.O. The summed E-state index contributed by atoms with van der Waals surface area (Å²) in [5, 5.41) is 0.807. The highest BCUT2D eigenvalue weighted by Crippen LogP contribution is 2.30. The lowest BCUT2D eigenvalue weighted by atomic mass is 10.0. The van der Waals surface area contributed by atoms with Crippen molar-refractivity contribution in [3.05, 3.63) is 70.1 Å². The number of halogens is 3. The van der Waals surface area contributed by atoms with Crippen LogP contribution in [0.15, 0.2) is 42.6 Å². The van der Waals surface area contributed by atoms with Gasteiger partial charge < -0.3 is 25.3 Å². The fraction of sp³-hybridized carbons (Fsp3) is 0.370. The second-order valence-electron chi connectivity index (χ2n) is 9.74. The molecule has 1 fully saturated rings. The van der Waals surface area contributed by atoms with Crippen LogP contribution < -0.4 is 0 Å². The fourth-order valence-electron chi connectivity index (χ4n) is 4.75. The number of nitrogens with zero attached hydrogens (tertiary/aromatic N) is 4. The second-order valence-corrected chi connectivity index (χ2v) is 10.2. The summed E-state index contributed by atoms with van der Waals surface area (Å²) in [5.41, 5.74) is 2.21. The number of benzene rings is 2. The van der Waals surface area contributed by atoms with Crippen molar-refractivity contribution in [2.24, 2.45) is 7.05 Å². The van der Waals surface area contributed by atoms with E-state index in [2.05, 4.69) is 11.8 Å². The van der Waals surface area contributed by atoms with Gasteiger partial charge in [-0.05, 0) is 43.7 Å². The van der Waals surface area contributed by atoms with Crippen LogP contribution in [0.1, 0.15) is 40.1 Å². The summed E-state index contributed by atoms with van der Waals surface area (Å²) in [6.07, 6.45) is 1.60. The number of amides is 2. The zero-order valence-corrected chi connectivity index (χ0v) is 24.1. The monoisotopic (exact) mass is 584 g/mol. The Balaban J connectivity index is 0.00000253. The Morgan fingerprint density at radius 2 is 1.62 bits per heavy atom. The number of carbonyl (C=O) groups excluding carboxylic acids is 3. The third-order valence-electron chi connectivity index (χ3n) is 6.83. The molecule has 39 heavy (non-hydrogen) atoms. The third kappa shape index (κ3) is 6.77. The number of ketones is 1. The van der Waals surface area contributed by atoms with E-state index < -0.39 is 11.7 Å². The molecule has 0 saturated carbocycles. The maximum Gasteiger partial charge on any atom is 0.294 e. The van der Waals surface area contributed by atoms with Gasteiger partial charge in [0.15, 0.2) is 0 Å². The molecule has 0 aliphatic carbocycles. The van der Waals surface area contributed by atoms with E-state index in [1.54, 1.807) is 47.0 Å². The van der Waals surface area contributed by atoms with Crippen molar-refractivity contribution in [3.8, 4) is 0 Å². The lowest BCUT2D eigenvalue weighted by molar-refractivity contribution is -0.124. The zero-order chi connectivity index (χ0) is 26.3. The predicted octanol–water partition coefficient (Wildman–Crippen LogP) is 2.75. The van der Waals surface area contributed by atoms with E-state index in [4.69, 9.17) is 11.6 Å². The zero-order valence-electron chi connectivity index (χ0n) is 22.5. The number of hydrogen-bond donors (Lipinski definition) is 0. The molecule has 2 aromatic carbocycles. The highest BCUT2D eigenvalue weighted by Gasteiger charge is 2.34. The Morgan fingerprint density at radius 3 is 2.21 bits per heavy atom. The molecule has 1 aromatic heterocycles. The van der Waals surface area contributed by atoms with Gasteiger partial charge in [-0.2, -0.15) is 0 Å². The predicted molar refractivity (Wildman–Crippen MR) is 152 cm³/mol. The van der Waals surface area contributed by atoms with Gasteiger partial charge in [-0.25, -0.2) is 4.39 Å². The standard InChI is InChI=1S/C27H30ClFN4O3.ClH.2H2O/c1-16-13-33(17(2)12-32(16)14-18-6-8-19(29)9-7-18)26(35)21-10-20-22(25(34)27(36)30(3)4)15-31(5)24(20)11-23(21)28;;;/h6-11,15-17H,12-14H2,1-5H3;1H;2*1H2/t16-,17+;;;/m0.../s1. The van der Waals surface area contributed by atoms with Crippen LogP contribution in [-0.2, 0) is 18.4 Å². The molecule has 2 amide bonds. The molecule has 12 heteroatoms. The van der Waals surface area contributed by atoms with Gasteiger partial charge >= 0.3 is 0 Å². The summed E-state index contributed by atoms with van der Waals surface area (Å²) in [4.78, 5) is 44.1. The number of likely N-dealkylation sites (N-methyl/N-ethyl adjacent to an activating group) is 1. The first-order chi connectivity index (χ1) is 17.0. The normalized spacial score (nSPS) is 17.1. The molecule has 1 aliphatic rings. The molecule has 4 N–H and O–H groups in total. The van der Waals surface area contributed by atoms with Crippen molar-refractivity contribution in [2.75, 3.05) is 27.2 Å². The van der Waals surface area contributed by atoms with E-state index in [9.17, 15) is 18.8 Å². The molecule has 1 saturated heterocycles. The van der Waals surface area contributed by atoms with Gasteiger partial charge in [0.05, 0.1) is 21.7 Å². The summed E-state index contributed by atoms with van der Waals surface area (Å²) in [7, 11) is 4.81. The van der Waals surface area contributed by atoms with Crippen LogP contribution >= 0.6 is 24.0 Å². The number of Topliss-reactive ketones (excluding diaryl/α,β-unsaturated/α-hetero) is 1. The highest BCUT2D eigenvalue weighted by molar-refractivity contribution is 6.45. The first kappa shape index (κ1) is 34.0. The van der Waals surface area contributed by atoms with Crippen LogP contribution in [0.2, 0.25) is 5.02 Å². The third-order valence-corrected chi connectivity index (χ3v) is 7.14. The van der Waals surface area contributed by atoms with Crippen LogP contribution in [-0.4, -0.2) is 87.1 Å². The van der Waals surface area contributed by atoms with E-state index in [-0.39, 0.29) is 52.7 Å². The lowest BCUT2D eigenvalue weighted by Crippen LogP contribution is -2.57. The van der Waals surface area contributed by atoms with Crippen molar-refractivity contribution in [2.45, 2.75) is 32.5 Å². The Hall–Kier alpha value is -3.02. The number of aryl methyl sites for hydroxylation is 1. The van der Waals surface area contributed by atoms with Gasteiger partial charge in [0.1, 0.15) is 5.82 Å². The van der Waals surface area contributed by atoms with Gasteiger partial charge in [-0.15, -0.1) is 12.4 Å². The maximum absolute atomic E-state index is 13.7. The Bertz CT molecular complexity index is 1350. The van der Waals surface area contributed by atoms with Crippen molar-refractivity contribution in [3.63, 3.8) is 0 Å². The minimum atomic E-state index is -0.636. The van der Waals surface area contributed by atoms with E-state index in [1.165, 1.54) is 31.1 Å². The molecule has 3 aromatic rings. The average molecular weight is 586 g/mol. The topological polar surface area (TPSA) is 129 Å². The van der Waals surface area contributed by atoms with Crippen molar-refractivity contribution >= 4 is 52.5 Å². The molecular weight excluding hydrogens is 550 g/mol. The van der Waals surface area contributed by atoms with Crippen LogP contribution in [0.5, 0.6) is 0 Å². The summed E-state index contributed by atoms with van der Waals surface area (Å²) in [6, 6.07) is 9.74. The largest absolute Gasteiger partial charge is 0.412 e. The number of aromatic nitrogens is 1. The number of fused-ring (bicyclic) bond motifs is 1. The summed E-state index contributed by atoms with van der Waals surface area (Å²) < 4.78 is 15.0. The Kier molecular flexibility index (Phi) is 11.7. The van der Waals surface area contributed by atoms with E-state index >= 15 is 0 Å². The molecule has 2 heterocycles. The summed E-state index contributed by atoms with van der Waals surface area (Å²) >= 11 is 6.56. The van der Waals surface area contributed by atoms with Gasteiger partial charge in [0.25, 0.3) is 17.6 Å². The van der Waals surface area contributed by atoms with Crippen LogP contribution in [0.4, 0.5) is 4.39 Å². The number of rotatable bonds is 5. The fourth-order valence-corrected chi connectivity index (χ4v) is 4.99. The Morgan fingerprint density at radius 1 is 1.00 bits per heavy atom. The smallest absolute Gasteiger partial charge is 0.294 e. The molecule has 0 bridgehead atoms. The van der Waals surface area contributed by atoms with Crippen molar-refractivity contribution in [1.82, 2.24) is 19.3 Å². The number of piperazine rings is 1. The molecule has 2 atom stereocenters. The van der Waals surface area contributed by atoms with Gasteiger partial charge in [0, 0.05) is 64.4 Å². The maximum atomic E-state index is 13.7. The number of hydrogen-bond acceptors (Lipinski definition) is 4. The lowest BCUT2D eigenvalue weighted by Gasteiger charge is -2.44. The van der Waals surface area contributed by atoms with E-state index in [0.29, 0.717) is 41.1 Å². The van der Waals surface area contributed by atoms with E-state index in [1.807, 2.05) is 6.92 Å². The molecule has 4 rings (SSSR count). The average Bonchev–Trinajstić information content (AvgIpc) is 3.15. The van der Waals surface area contributed by atoms with Crippen molar-refractivity contribution in [1.29, 1.82) is 0 Å². The summed E-state index contributed by atoms with van der Waals surface area (Å²) in [5.74, 6) is -1.75. The molecule has 0 spiro atoms. The molecule has 1 aliphatic heterocycles. The molecular formula is C27H35Cl2FN4O5. The molecule has 0 radical (unpaired) electrons. The minimum absolute atomic E-state index is 0. The van der Waals surface area contributed by atoms with Gasteiger partial charge in [0.2, 0.25) is 0 Å². The Labute approximate surface area is 238 Å². The van der Waals surface area contributed by atoms with E-state index in [0.717, 1.165) is 5.56 Å². The highest BCUT2D eigenvalue weighted by atomic mass is 35.5. The quantitative estimate of drug-likeness (QED) is 0.337. The first-order valence-electron chi connectivity index (χ1n) is 11.8. The molecule has 9 nitrogen and oxygen atoms in total. The molecule has 0 unspecified atom stereocenters. The second kappa shape index (κ2) is 13.4. The number of carbonyl (C=O) groups is 3. The van der Waals surface area contributed by atoms with Crippen LogP contribution in [0.25, 0.3) is 10.9 Å².